The van der Waals surface area contributed by atoms with Gasteiger partial charge in [0.05, 0.1) is 18.1 Å². The molecule has 1 aliphatic heterocycles. The minimum absolute atomic E-state index is 0.564. The summed E-state index contributed by atoms with van der Waals surface area (Å²) in [6.07, 6.45) is 9.05. The number of aromatic nitrogens is 2. The highest BCUT2D eigenvalue weighted by Gasteiger charge is 2.26. The molecule has 1 aliphatic rings. The van der Waals surface area contributed by atoms with E-state index in [2.05, 4.69) is 34.0 Å². The van der Waals surface area contributed by atoms with Crippen molar-refractivity contribution >= 4 is 5.69 Å². The normalized spacial score (nSPS) is 24.9. The highest BCUT2D eigenvalue weighted by molar-refractivity contribution is 5.44. The molecule has 4 heteroatoms. The van der Waals surface area contributed by atoms with Crippen LogP contribution in [0.1, 0.15) is 33.1 Å². The van der Waals surface area contributed by atoms with Crippen LogP contribution in [-0.4, -0.2) is 35.1 Å². The summed E-state index contributed by atoms with van der Waals surface area (Å²) in [4.78, 5) is 10.7. The first-order valence-corrected chi connectivity index (χ1v) is 6.60. The van der Waals surface area contributed by atoms with E-state index in [4.69, 9.17) is 0 Å². The van der Waals surface area contributed by atoms with Crippen molar-refractivity contribution in [2.45, 2.75) is 45.2 Å². The fourth-order valence-electron chi connectivity index (χ4n) is 2.53. The number of anilines is 1. The molecule has 2 atom stereocenters. The van der Waals surface area contributed by atoms with Crippen molar-refractivity contribution in [2.24, 2.45) is 0 Å². The van der Waals surface area contributed by atoms with Gasteiger partial charge in [0.15, 0.2) is 0 Å². The maximum Gasteiger partial charge on any atom is 0.115 e. The van der Waals surface area contributed by atoms with Gasteiger partial charge in [-0.3, -0.25) is 0 Å². The standard InChI is InChI=1S/C13H22N4/c1-3-5-11-9-17(12(4-2)8-16-11)13-6-14-10-15-7-13/h6-7,10-12,16H,3-5,8-9H2,1-2H3. The third-order valence-electron chi connectivity index (χ3n) is 3.49. The van der Waals surface area contributed by atoms with E-state index in [1.165, 1.54) is 12.8 Å². The van der Waals surface area contributed by atoms with Crippen molar-refractivity contribution in [2.75, 3.05) is 18.0 Å². The molecular formula is C13H22N4. The molecule has 0 aromatic carbocycles. The first kappa shape index (κ1) is 12.3. The zero-order valence-electron chi connectivity index (χ0n) is 10.8. The SMILES string of the molecule is CCCC1CN(c2cncnc2)C(CC)CN1. The zero-order chi connectivity index (χ0) is 12.1. The van der Waals surface area contributed by atoms with Gasteiger partial charge in [0.2, 0.25) is 0 Å². The molecule has 4 nitrogen and oxygen atoms in total. The summed E-state index contributed by atoms with van der Waals surface area (Å²) in [6, 6.07) is 1.16. The van der Waals surface area contributed by atoms with Gasteiger partial charge < -0.3 is 10.2 Å². The van der Waals surface area contributed by atoms with Crippen molar-refractivity contribution in [3.05, 3.63) is 18.7 Å². The van der Waals surface area contributed by atoms with E-state index in [-0.39, 0.29) is 0 Å². The summed E-state index contributed by atoms with van der Waals surface area (Å²) in [5.74, 6) is 0. The highest BCUT2D eigenvalue weighted by Crippen LogP contribution is 2.20. The van der Waals surface area contributed by atoms with E-state index in [0.29, 0.717) is 12.1 Å². The highest BCUT2D eigenvalue weighted by atomic mass is 15.2. The van der Waals surface area contributed by atoms with Gasteiger partial charge in [-0.05, 0) is 12.8 Å². The average Bonchev–Trinajstić information content (AvgIpc) is 2.40. The summed E-state index contributed by atoms with van der Waals surface area (Å²) < 4.78 is 0. The van der Waals surface area contributed by atoms with Gasteiger partial charge in [-0.25, -0.2) is 9.97 Å². The molecule has 0 amide bonds. The largest absolute Gasteiger partial charge is 0.363 e. The number of hydrogen-bond acceptors (Lipinski definition) is 4. The van der Waals surface area contributed by atoms with E-state index in [1.807, 2.05) is 12.4 Å². The number of hydrogen-bond donors (Lipinski definition) is 1. The molecule has 17 heavy (non-hydrogen) atoms. The molecule has 2 unspecified atom stereocenters. The van der Waals surface area contributed by atoms with E-state index in [0.717, 1.165) is 25.2 Å². The average molecular weight is 234 g/mol. The molecule has 94 valence electrons. The Hall–Kier alpha value is -1.16. The third kappa shape index (κ3) is 2.94. The van der Waals surface area contributed by atoms with Crippen molar-refractivity contribution in [3.63, 3.8) is 0 Å². The zero-order valence-corrected chi connectivity index (χ0v) is 10.8. The van der Waals surface area contributed by atoms with Gasteiger partial charge in [-0.1, -0.05) is 20.3 Å². The molecule has 0 saturated carbocycles. The fraction of sp³-hybridized carbons (Fsp3) is 0.692. The second-order valence-corrected chi connectivity index (χ2v) is 4.70. The molecule has 0 radical (unpaired) electrons. The van der Waals surface area contributed by atoms with Gasteiger partial charge in [0.1, 0.15) is 6.33 Å². The summed E-state index contributed by atoms with van der Waals surface area (Å²) in [6.45, 7) is 6.61. The van der Waals surface area contributed by atoms with Gasteiger partial charge in [0.25, 0.3) is 0 Å². The van der Waals surface area contributed by atoms with Gasteiger partial charge in [-0.15, -0.1) is 0 Å². The summed E-state index contributed by atoms with van der Waals surface area (Å²) >= 11 is 0. The van der Waals surface area contributed by atoms with E-state index >= 15 is 0 Å². The molecule has 0 bridgehead atoms. The van der Waals surface area contributed by atoms with Gasteiger partial charge in [0, 0.05) is 25.2 Å². The van der Waals surface area contributed by atoms with Crippen LogP contribution < -0.4 is 10.2 Å². The third-order valence-corrected chi connectivity index (χ3v) is 3.49. The first-order chi connectivity index (χ1) is 8.35. The van der Waals surface area contributed by atoms with Crippen molar-refractivity contribution < 1.29 is 0 Å². The minimum atomic E-state index is 0.564. The quantitative estimate of drug-likeness (QED) is 0.863. The number of piperazine rings is 1. The summed E-state index contributed by atoms with van der Waals surface area (Å²) in [7, 11) is 0. The second-order valence-electron chi connectivity index (χ2n) is 4.70. The Kier molecular flexibility index (Phi) is 4.31. The molecule has 2 heterocycles. The van der Waals surface area contributed by atoms with Crippen molar-refractivity contribution in [1.82, 2.24) is 15.3 Å². The molecule has 2 rings (SSSR count). The van der Waals surface area contributed by atoms with Crippen LogP contribution in [0, 0.1) is 0 Å². The van der Waals surface area contributed by atoms with Gasteiger partial charge in [-0.2, -0.15) is 0 Å². The topological polar surface area (TPSA) is 41.1 Å². The Morgan fingerprint density at radius 3 is 2.76 bits per heavy atom. The Morgan fingerprint density at radius 2 is 2.12 bits per heavy atom. The Morgan fingerprint density at radius 1 is 1.35 bits per heavy atom. The van der Waals surface area contributed by atoms with E-state index in [9.17, 15) is 0 Å². The minimum Gasteiger partial charge on any atom is -0.363 e. The van der Waals surface area contributed by atoms with Crippen molar-refractivity contribution in [3.8, 4) is 0 Å². The fourth-order valence-corrected chi connectivity index (χ4v) is 2.53. The first-order valence-electron chi connectivity index (χ1n) is 6.60. The number of nitrogens with one attached hydrogen (secondary N) is 1. The van der Waals surface area contributed by atoms with Crippen LogP contribution in [0.25, 0.3) is 0 Å². The molecule has 1 aromatic heterocycles. The van der Waals surface area contributed by atoms with E-state index in [1.54, 1.807) is 6.33 Å². The van der Waals surface area contributed by atoms with E-state index < -0.39 is 0 Å². The summed E-state index contributed by atoms with van der Waals surface area (Å²) in [5.41, 5.74) is 1.15. The lowest BCUT2D eigenvalue weighted by Gasteiger charge is -2.41. The predicted octanol–water partition coefficient (Wildman–Crippen LogP) is 1.83. The Labute approximate surface area is 103 Å². The van der Waals surface area contributed by atoms with Crippen LogP contribution in [-0.2, 0) is 0 Å². The number of rotatable bonds is 4. The smallest absolute Gasteiger partial charge is 0.115 e. The van der Waals surface area contributed by atoms with Gasteiger partial charge >= 0.3 is 0 Å². The molecule has 1 N–H and O–H groups in total. The van der Waals surface area contributed by atoms with Crippen LogP contribution in [0.3, 0.4) is 0 Å². The maximum absolute atomic E-state index is 4.13. The monoisotopic (exact) mass is 234 g/mol. The summed E-state index contributed by atoms with van der Waals surface area (Å²) in [5, 5.41) is 3.64. The second kappa shape index (κ2) is 5.96. The molecule has 0 spiro atoms. The molecule has 1 aromatic rings. The Bertz CT molecular complexity index is 327. The lowest BCUT2D eigenvalue weighted by Crippen LogP contribution is -2.56. The molecule has 1 fully saturated rings. The van der Waals surface area contributed by atoms with Crippen molar-refractivity contribution in [1.29, 1.82) is 0 Å². The van der Waals surface area contributed by atoms with Crippen LogP contribution in [0.4, 0.5) is 5.69 Å². The predicted molar refractivity (Wildman–Crippen MR) is 70.2 cm³/mol. The lowest BCUT2D eigenvalue weighted by atomic mass is 10.0. The maximum atomic E-state index is 4.13. The Balaban J connectivity index is 2.10. The molecule has 1 saturated heterocycles. The van der Waals surface area contributed by atoms with Crippen LogP contribution >= 0.6 is 0 Å². The van der Waals surface area contributed by atoms with Crippen LogP contribution in [0.2, 0.25) is 0 Å². The lowest BCUT2D eigenvalue weighted by molar-refractivity contribution is 0.369. The van der Waals surface area contributed by atoms with Crippen LogP contribution in [0.15, 0.2) is 18.7 Å². The number of nitrogens with zero attached hydrogens (tertiary/aromatic N) is 3. The molecule has 0 aliphatic carbocycles. The molecular weight excluding hydrogens is 212 g/mol. The van der Waals surface area contributed by atoms with Crippen LogP contribution in [0.5, 0.6) is 0 Å².